The molecular weight excluding hydrogens is 224 g/mol. The third kappa shape index (κ3) is 5.43. The second kappa shape index (κ2) is 6.19. The highest BCUT2D eigenvalue weighted by molar-refractivity contribution is 8.76. The van der Waals surface area contributed by atoms with Gasteiger partial charge in [0.25, 0.3) is 0 Å². The highest BCUT2D eigenvalue weighted by atomic mass is 33.1. The third-order valence-corrected chi connectivity index (χ3v) is 3.53. The summed E-state index contributed by atoms with van der Waals surface area (Å²) >= 11 is 0. The molecule has 0 bridgehead atoms. The zero-order chi connectivity index (χ0) is 9.64. The molecular formula is C8H14O4S2. The van der Waals surface area contributed by atoms with Crippen molar-refractivity contribution in [3.8, 4) is 0 Å². The van der Waals surface area contributed by atoms with Crippen molar-refractivity contribution in [2.45, 2.75) is 12.2 Å². The van der Waals surface area contributed by atoms with E-state index >= 15 is 0 Å². The largest absolute Gasteiger partial charge is 0.371 e. The van der Waals surface area contributed by atoms with Gasteiger partial charge in [0.05, 0.1) is 26.4 Å². The van der Waals surface area contributed by atoms with Crippen LogP contribution in [0.5, 0.6) is 0 Å². The third-order valence-electron chi connectivity index (χ3n) is 1.76. The quantitative estimate of drug-likeness (QED) is 0.259. The van der Waals surface area contributed by atoms with E-state index in [1.54, 1.807) is 21.6 Å². The van der Waals surface area contributed by atoms with Gasteiger partial charge in [0.1, 0.15) is 24.1 Å². The van der Waals surface area contributed by atoms with E-state index in [-0.39, 0.29) is 0 Å². The van der Waals surface area contributed by atoms with E-state index in [0.29, 0.717) is 24.1 Å². The molecule has 2 fully saturated rings. The molecule has 0 saturated carbocycles. The Morgan fingerprint density at radius 1 is 0.929 bits per heavy atom. The molecule has 2 rings (SSSR count). The van der Waals surface area contributed by atoms with Crippen LogP contribution < -0.4 is 0 Å². The van der Waals surface area contributed by atoms with Crippen LogP contribution in [-0.2, 0) is 18.9 Å². The van der Waals surface area contributed by atoms with Crippen molar-refractivity contribution in [3.05, 3.63) is 0 Å². The summed E-state index contributed by atoms with van der Waals surface area (Å²) in [6, 6.07) is 0. The smallest absolute Gasteiger partial charge is 0.104 e. The van der Waals surface area contributed by atoms with Crippen molar-refractivity contribution < 1.29 is 18.9 Å². The van der Waals surface area contributed by atoms with Crippen LogP contribution in [0.15, 0.2) is 0 Å². The molecule has 14 heavy (non-hydrogen) atoms. The van der Waals surface area contributed by atoms with Crippen LogP contribution in [0, 0.1) is 0 Å². The molecule has 2 saturated heterocycles. The standard InChI is InChI=1S/C8H14O4S2/c1(7-3-11-7)9-5-13-14-6-10-2-8-4-12-8/h7-8H,1-6H2. The summed E-state index contributed by atoms with van der Waals surface area (Å²) < 4.78 is 20.7. The summed E-state index contributed by atoms with van der Waals surface area (Å²) in [4.78, 5) is 0. The maximum absolute atomic E-state index is 5.33. The minimum absolute atomic E-state index is 0.365. The predicted molar refractivity (Wildman–Crippen MR) is 56.3 cm³/mol. The average Bonchev–Trinajstić information content (AvgIpc) is 3.00. The molecule has 2 atom stereocenters. The molecule has 4 nitrogen and oxygen atoms in total. The molecule has 82 valence electrons. The van der Waals surface area contributed by atoms with Gasteiger partial charge in [0.2, 0.25) is 0 Å². The number of hydrogen-bond donors (Lipinski definition) is 0. The minimum atomic E-state index is 0.365. The molecule has 0 aromatic heterocycles. The molecule has 2 aliphatic rings. The van der Waals surface area contributed by atoms with Gasteiger partial charge in [-0.2, -0.15) is 0 Å². The second-order valence-corrected chi connectivity index (χ2v) is 5.48. The van der Waals surface area contributed by atoms with Crippen molar-refractivity contribution in [1.29, 1.82) is 0 Å². The van der Waals surface area contributed by atoms with Crippen molar-refractivity contribution >= 4 is 21.6 Å². The molecule has 0 aromatic carbocycles. The molecule has 0 radical (unpaired) electrons. The molecule has 6 heteroatoms. The summed E-state index contributed by atoms with van der Waals surface area (Å²) in [6.45, 7) is 3.18. The minimum Gasteiger partial charge on any atom is -0.371 e. The number of ether oxygens (including phenoxy) is 4. The van der Waals surface area contributed by atoms with E-state index in [0.717, 1.165) is 26.4 Å². The van der Waals surface area contributed by atoms with E-state index in [9.17, 15) is 0 Å². The average molecular weight is 238 g/mol. The molecule has 0 spiro atoms. The van der Waals surface area contributed by atoms with Crippen LogP contribution in [0.3, 0.4) is 0 Å². The topological polar surface area (TPSA) is 43.5 Å². The Hall–Kier alpha value is 0.540. The Morgan fingerprint density at radius 3 is 1.71 bits per heavy atom. The molecule has 0 N–H and O–H groups in total. The van der Waals surface area contributed by atoms with Gasteiger partial charge in [-0.15, -0.1) is 0 Å². The highest BCUT2D eigenvalue weighted by Gasteiger charge is 2.22. The van der Waals surface area contributed by atoms with Crippen LogP contribution in [0.25, 0.3) is 0 Å². The van der Waals surface area contributed by atoms with Crippen molar-refractivity contribution in [2.75, 3.05) is 38.3 Å². The Bertz CT molecular complexity index is 143. The van der Waals surface area contributed by atoms with E-state index in [4.69, 9.17) is 18.9 Å². The molecule has 0 aliphatic carbocycles. The first-order valence-corrected chi connectivity index (χ1v) is 7.07. The first-order chi connectivity index (χ1) is 6.95. The molecule has 0 aromatic rings. The van der Waals surface area contributed by atoms with Gasteiger partial charge >= 0.3 is 0 Å². The number of hydrogen-bond acceptors (Lipinski definition) is 6. The lowest BCUT2D eigenvalue weighted by atomic mass is 10.5. The predicted octanol–water partition coefficient (Wildman–Crippen LogP) is 1.11. The zero-order valence-electron chi connectivity index (χ0n) is 7.85. The maximum Gasteiger partial charge on any atom is 0.104 e. The zero-order valence-corrected chi connectivity index (χ0v) is 9.48. The first-order valence-electron chi connectivity index (χ1n) is 4.58. The Labute approximate surface area is 91.4 Å². The Morgan fingerprint density at radius 2 is 1.36 bits per heavy atom. The second-order valence-electron chi connectivity index (χ2n) is 3.12. The summed E-state index contributed by atoms with van der Waals surface area (Å²) in [7, 11) is 3.34. The van der Waals surface area contributed by atoms with Crippen LogP contribution in [-0.4, -0.2) is 50.5 Å². The van der Waals surface area contributed by atoms with Crippen LogP contribution in [0.4, 0.5) is 0 Å². The number of epoxide rings is 2. The summed E-state index contributed by atoms with van der Waals surface area (Å²) in [5.41, 5.74) is 0. The van der Waals surface area contributed by atoms with E-state index < -0.39 is 0 Å². The molecule has 2 heterocycles. The normalized spacial score (nSPS) is 29.1. The van der Waals surface area contributed by atoms with Crippen molar-refractivity contribution in [1.82, 2.24) is 0 Å². The fraction of sp³-hybridized carbons (Fsp3) is 1.00. The van der Waals surface area contributed by atoms with Gasteiger partial charge in [-0.25, -0.2) is 0 Å². The molecule has 0 amide bonds. The van der Waals surface area contributed by atoms with Gasteiger partial charge in [-0.05, 0) is 0 Å². The van der Waals surface area contributed by atoms with E-state index in [1.165, 1.54) is 0 Å². The van der Waals surface area contributed by atoms with Crippen LogP contribution in [0.1, 0.15) is 0 Å². The SMILES string of the molecule is C(OCC1CO1)SSCOCC1CO1. The van der Waals surface area contributed by atoms with Crippen molar-refractivity contribution in [3.63, 3.8) is 0 Å². The van der Waals surface area contributed by atoms with Gasteiger partial charge in [0.15, 0.2) is 0 Å². The Balaban J connectivity index is 1.25. The monoisotopic (exact) mass is 238 g/mol. The molecule has 2 aliphatic heterocycles. The van der Waals surface area contributed by atoms with Crippen molar-refractivity contribution in [2.24, 2.45) is 0 Å². The summed E-state index contributed by atoms with van der Waals surface area (Å²) in [6.07, 6.45) is 0.729. The van der Waals surface area contributed by atoms with Gasteiger partial charge in [0, 0.05) is 0 Å². The highest BCUT2D eigenvalue weighted by Crippen LogP contribution is 2.22. The van der Waals surface area contributed by atoms with Crippen LogP contribution >= 0.6 is 21.6 Å². The lowest BCUT2D eigenvalue weighted by Gasteiger charge is -2.02. The van der Waals surface area contributed by atoms with Gasteiger partial charge < -0.3 is 18.9 Å². The fourth-order valence-corrected chi connectivity index (χ4v) is 2.10. The lowest BCUT2D eigenvalue weighted by Crippen LogP contribution is -2.01. The summed E-state index contributed by atoms with van der Waals surface area (Å²) in [5.74, 6) is 1.40. The fourth-order valence-electron chi connectivity index (χ4n) is 0.824. The van der Waals surface area contributed by atoms with E-state index in [2.05, 4.69) is 0 Å². The Kier molecular flexibility index (Phi) is 4.88. The van der Waals surface area contributed by atoms with Crippen LogP contribution in [0.2, 0.25) is 0 Å². The summed E-state index contributed by atoms with van der Waals surface area (Å²) in [5, 5.41) is 0. The van der Waals surface area contributed by atoms with Gasteiger partial charge in [-0.1, -0.05) is 21.6 Å². The van der Waals surface area contributed by atoms with E-state index in [1.807, 2.05) is 0 Å². The number of rotatable bonds is 9. The molecule has 2 unspecified atom stereocenters. The van der Waals surface area contributed by atoms with Gasteiger partial charge in [-0.3, -0.25) is 0 Å². The lowest BCUT2D eigenvalue weighted by molar-refractivity contribution is 0.157. The first kappa shape index (κ1) is 11.0. The maximum atomic E-state index is 5.33.